The highest BCUT2D eigenvalue weighted by Crippen LogP contribution is 2.32. The maximum atomic E-state index is 12.7. The van der Waals surface area contributed by atoms with Crippen LogP contribution >= 0.6 is 0 Å². The number of amides is 1. The van der Waals surface area contributed by atoms with E-state index in [4.69, 9.17) is 14.2 Å². The van der Waals surface area contributed by atoms with E-state index in [1.54, 1.807) is 11.8 Å². The number of rotatable bonds is 3. The molecule has 1 aromatic rings. The lowest BCUT2D eigenvalue weighted by molar-refractivity contribution is -0.154. The van der Waals surface area contributed by atoms with Gasteiger partial charge in [-0.15, -0.1) is 0 Å². The van der Waals surface area contributed by atoms with Gasteiger partial charge in [0, 0.05) is 11.7 Å². The molecule has 2 heterocycles. The van der Waals surface area contributed by atoms with Crippen molar-refractivity contribution in [3.8, 4) is 0 Å². The smallest absolute Gasteiger partial charge is 0.377 e. The van der Waals surface area contributed by atoms with Gasteiger partial charge in [-0.2, -0.15) is 0 Å². The molecule has 0 aromatic heterocycles. The molecular weight excluding hydrogens is 298 g/mol. The van der Waals surface area contributed by atoms with Crippen LogP contribution in [0.4, 0.5) is 5.69 Å². The van der Waals surface area contributed by atoms with Crippen LogP contribution in [0.1, 0.15) is 19.4 Å². The molecule has 2 aliphatic rings. The molecule has 2 aliphatic heterocycles. The van der Waals surface area contributed by atoms with Gasteiger partial charge in [-0.1, -0.05) is 18.2 Å². The van der Waals surface area contributed by atoms with E-state index in [0.29, 0.717) is 13.2 Å². The number of anilines is 1. The predicted octanol–water partition coefficient (Wildman–Crippen LogP) is 1.78. The Morgan fingerprint density at radius 2 is 2.09 bits per heavy atom. The Kier molecular flexibility index (Phi) is 4.23. The fraction of sp³-hybridized carbons (Fsp3) is 0.412. The first-order valence-electron chi connectivity index (χ1n) is 7.64. The molecule has 0 radical (unpaired) electrons. The summed E-state index contributed by atoms with van der Waals surface area (Å²) >= 11 is 0. The molecule has 1 amide bonds. The third-order valence-electron chi connectivity index (χ3n) is 3.93. The van der Waals surface area contributed by atoms with Crippen molar-refractivity contribution in [2.45, 2.75) is 32.4 Å². The van der Waals surface area contributed by atoms with E-state index in [0.717, 1.165) is 17.7 Å². The van der Waals surface area contributed by atoms with Crippen LogP contribution < -0.4 is 4.90 Å². The topological polar surface area (TPSA) is 65.1 Å². The second-order valence-electron chi connectivity index (χ2n) is 5.64. The third kappa shape index (κ3) is 3.02. The molecule has 0 aliphatic carbocycles. The summed E-state index contributed by atoms with van der Waals surface area (Å²) in [4.78, 5) is 26.4. The van der Waals surface area contributed by atoms with Gasteiger partial charge in [-0.05, 0) is 31.9 Å². The number of esters is 1. The van der Waals surface area contributed by atoms with Gasteiger partial charge in [-0.25, -0.2) is 4.79 Å². The zero-order chi connectivity index (χ0) is 16.4. The molecule has 0 N–H and O–H groups in total. The van der Waals surface area contributed by atoms with Gasteiger partial charge in [0.15, 0.2) is 6.10 Å². The third-order valence-corrected chi connectivity index (χ3v) is 3.93. The van der Waals surface area contributed by atoms with E-state index in [-0.39, 0.29) is 17.7 Å². The number of ether oxygens (including phenoxy) is 3. The lowest BCUT2D eigenvalue weighted by Gasteiger charge is -2.26. The largest absolute Gasteiger partial charge is 0.493 e. The summed E-state index contributed by atoms with van der Waals surface area (Å²) in [6.45, 7) is 4.23. The summed E-state index contributed by atoms with van der Waals surface area (Å²) in [5, 5.41) is 0. The van der Waals surface area contributed by atoms with Gasteiger partial charge in [0.1, 0.15) is 19.5 Å². The SMILES string of the molecule is C[C@@H]1Cc2ccccc2N1C(=O)[C@@H](C)OC(=O)C1=COCCO1. The van der Waals surface area contributed by atoms with Crippen molar-refractivity contribution in [3.63, 3.8) is 0 Å². The molecule has 0 saturated carbocycles. The lowest BCUT2D eigenvalue weighted by atomic mass is 10.1. The lowest BCUT2D eigenvalue weighted by Crippen LogP contribution is -2.43. The van der Waals surface area contributed by atoms with Crippen LogP contribution in [0.25, 0.3) is 0 Å². The molecule has 0 bridgehead atoms. The van der Waals surface area contributed by atoms with Crippen molar-refractivity contribution >= 4 is 17.6 Å². The number of hydrogen-bond donors (Lipinski definition) is 0. The molecule has 6 heteroatoms. The number of nitrogens with zero attached hydrogens (tertiary/aromatic N) is 1. The molecule has 1 aromatic carbocycles. The van der Waals surface area contributed by atoms with E-state index in [2.05, 4.69) is 0 Å². The first-order valence-corrected chi connectivity index (χ1v) is 7.64. The van der Waals surface area contributed by atoms with E-state index >= 15 is 0 Å². The average molecular weight is 317 g/mol. The number of para-hydroxylation sites is 1. The maximum absolute atomic E-state index is 12.7. The minimum Gasteiger partial charge on any atom is -0.493 e. The molecule has 6 nitrogen and oxygen atoms in total. The highest BCUT2D eigenvalue weighted by atomic mass is 16.6. The van der Waals surface area contributed by atoms with Crippen molar-refractivity contribution in [1.29, 1.82) is 0 Å². The van der Waals surface area contributed by atoms with Gasteiger partial charge in [0.05, 0.1) is 0 Å². The quantitative estimate of drug-likeness (QED) is 0.795. The molecule has 3 rings (SSSR count). The summed E-state index contributed by atoms with van der Waals surface area (Å²) < 4.78 is 15.4. The minimum absolute atomic E-state index is 0.00855. The van der Waals surface area contributed by atoms with Crippen LogP contribution in [0.15, 0.2) is 36.3 Å². The summed E-state index contributed by atoms with van der Waals surface area (Å²) in [5.74, 6) is -0.940. The van der Waals surface area contributed by atoms with Gasteiger partial charge in [-0.3, -0.25) is 4.79 Å². The standard InChI is InChI=1S/C17H19NO5/c1-11-9-13-5-3-4-6-14(13)18(11)16(19)12(2)23-17(20)15-10-21-7-8-22-15/h3-6,10-12H,7-9H2,1-2H3/t11-,12-/m1/s1. The Bertz CT molecular complexity index is 654. The molecular formula is C17H19NO5. The molecule has 23 heavy (non-hydrogen) atoms. The van der Waals surface area contributed by atoms with E-state index in [1.165, 1.54) is 6.26 Å². The fourth-order valence-electron chi connectivity index (χ4n) is 2.84. The molecule has 0 saturated heterocycles. The van der Waals surface area contributed by atoms with Crippen molar-refractivity contribution < 1.29 is 23.8 Å². The summed E-state index contributed by atoms with van der Waals surface area (Å²) in [6, 6.07) is 7.80. The highest BCUT2D eigenvalue weighted by molar-refractivity contribution is 6.00. The predicted molar refractivity (Wildman–Crippen MR) is 82.6 cm³/mol. The Labute approximate surface area is 134 Å². The first kappa shape index (κ1) is 15.4. The van der Waals surface area contributed by atoms with Crippen molar-refractivity contribution in [3.05, 3.63) is 41.9 Å². The molecule has 0 fully saturated rings. The van der Waals surface area contributed by atoms with Gasteiger partial charge in [0.25, 0.3) is 5.91 Å². The monoisotopic (exact) mass is 317 g/mol. The fourth-order valence-corrected chi connectivity index (χ4v) is 2.84. The van der Waals surface area contributed by atoms with Crippen LogP contribution in [0, 0.1) is 0 Å². The summed E-state index contributed by atoms with van der Waals surface area (Å²) in [5.41, 5.74) is 2.00. The zero-order valence-corrected chi connectivity index (χ0v) is 13.2. The second-order valence-corrected chi connectivity index (χ2v) is 5.64. The molecule has 0 unspecified atom stereocenters. The van der Waals surface area contributed by atoms with Crippen LogP contribution in [-0.4, -0.2) is 37.2 Å². The van der Waals surface area contributed by atoms with Crippen molar-refractivity contribution in [2.24, 2.45) is 0 Å². The average Bonchev–Trinajstić information content (AvgIpc) is 2.90. The number of benzene rings is 1. The molecule has 2 atom stereocenters. The Hall–Kier alpha value is -2.50. The normalized spacial score (nSPS) is 20.7. The molecule has 122 valence electrons. The first-order chi connectivity index (χ1) is 11.1. The van der Waals surface area contributed by atoms with Crippen molar-refractivity contribution in [2.75, 3.05) is 18.1 Å². The summed E-state index contributed by atoms with van der Waals surface area (Å²) in [7, 11) is 0. The van der Waals surface area contributed by atoms with Gasteiger partial charge >= 0.3 is 5.97 Å². The number of carbonyl (C=O) groups excluding carboxylic acids is 2. The second kappa shape index (κ2) is 6.32. The number of fused-ring (bicyclic) bond motifs is 1. The van der Waals surface area contributed by atoms with Crippen LogP contribution in [0.2, 0.25) is 0 Å². The van der Waals surface area contributed by atoms with Crippen LogP contribution in [-0.2, 0) is 30.2 Å². The van der Waals surface area contributed by atoms with E-state index in [1.807, 2.05) is 31.2 Å². The Balaban J connectivity index is 1.70. The van der Waals surface area contributed by atoms with E-state index in [9.17, 15) is 9.59 Å². The maximum Gasteiger partial charge on any atom is 0.377 e. The highest BCUT2D eigenvalue weighted by Gasteiger charge is 2.35. The Morgan fingerprint density at radius 3 is 2.83 bits per heavy atom. The van der Waals surface area contributed by atoms with Crippen LogP contribution in [0.3, 0.4) is 0 Å². The van der Waals surface area contributed by atoms with Crippen molar-refractivity contribution in [1.82, 2.24) is 0 Å². The number of hydrogen-bond acceptors (Lipinski definition) is 5. The zero-order valence-electron chi connectivity index (χ0n) is 13.2. The van der Waals surface area contributed by atoms with Crippen LogP contribution in [0.5, 0.6) is 0 Å². The summed E-state index contributed by atoms with van der Waals surface area (Å²) in [6.07, 6.45) is 1.11. The number of carbonyl (C=O) groups is 2. The van der Waals surface area contributed by atoms with E-state index < -0.39 is 12.1 Å². The van der Waals surface area contributed by atoms with Gasteiger partial charge < -0.3 is 19.1 Å². The minimum atomic E-state index is -0.900. The molecule has 0 spiro atoms. The Morgan fingerprint density at radius 1 is 1.30 bits per heavy atom. The van der Waals surface area contributed by atoms with Gasteiger partial charge in [0.2, 0.25) is 5.76 Å².